The van der Waals surface area contributed by atoms with E-state index in [1.54, 1.807) is 18.2 Å². The Labute approximate surface area is 96.1 Å². The smallest absolute Gasteiger partial charge is 0.219 e. The zero-order chi connectivity index (χ0) is 12.0. The number of carbonyl (C=O) groups excluding carboxylic acids is 1. The highest BCUT2D eigenvalue weighted by Gasteiger charge is 2.30. The fourth-order valence-electron chi connectivity index (χ4n) is 1.78. The lowest BCUT2D eigenvalue weighted by Gasteiger charge is -2.15. The van der Waals surface area contributed by atoms with Crippen LogP contribution in [0.2, 0.25) is 0 Å². The molecular formula is C12H8N2O3. The molecule has 5 heteroatoms. The van der Waals surface area contributed by atoms with E-state index in [0.717, 1.165) is 0 Å². The van der Waals surface area contributed by atoms with E-state index in [1.165, 1.54) is 6.08 Å². The number of aliphatic hydroxyl groups is 2. The van der Waals surface area contributed by atoms with E-state index in [2.05, 4.69) is 9.97 Å². The van der Waals surface area contributed by atoms with Gasteiger partial charge in [-0.1, -0.05) is 12.1 Å². The van der Waals surface area contributed by atoms with Gasteiger partial charge in [-0.05, 0) is 12.1 Å². The van der Waals surface area contributed by atoms with Crippen molar-refractivity contribution >= 4 is 22.9 Å². The maximum Gasteiger partial charge on any atom is 0.219 e. The Morgan fingerprint density at radius 2 is 1.76 bits per heavy atom. The van der Waals surface area contributed by atoms with E-state index in [-0.39, 0.29) is 11.4 Å². The fourth-order valence-corrected chi connectivity index (χ4v) is 1.78. The van der Waals surface area contributed by atoms with Crippen LogP contribution in [-0.4, -0.2) is 32.1 Å². The first-order valence-electron chi connectivity index (χ1n) is 5.06. The Kier molecular flexibility index (Phi) is 1.96. The van der Waals surface area contributed by atoms with Crippen LogP contribution in [0.25, 0.3) is 17.1 Å². The van der Waals surface area contributed by atoms with Gasteiger partial charge in [-0.15, -0.1) is 0 Å². The number of rotatable bonds is 0. The van der Waals surface area contributed by atoms with E-state index in [4.69, 9.17) is 0 Å². The number of aliphatic hydroxyl groups excluding tert-OH is 2. The summed E-state index contributed by atoms with van der Waals surface area (Å²) in [5.74, 6) is -1.02. The molecule has 0 spiro atoms. The van der Waals surface area contributed by atoms with Crippen molar-refractivity contribution in [2.45, 2.75) is 6.10 Å². The first kappa shape index (κ1) is 9.92. The summed E-state index contributed by atoms with van der Waals surface area (Å²) in [6.45, 7) is 0. The van der Waals surface area contributed by atoms with Gasteiger partial charge in [0, 0.05) is 6.08 Å². The van der Waals surface area contributed by atoms with Crippen LogP contribution in [0, 0.1) is 0 Å². The molecule has 3 rings (SSSR count). The van der Waals surface area contributed by atoms with Crippen LogP contribution in [-0.2, 0) is 0 Å². The average molecular weight is 228 g/mol. The number of Topliss-reactive ketones (excluding diaryl/α,β-unsaturated/α-hetero) is 1. The van der Waals surface area contributed by atoms with Crippen LogP contribution in [0.4, 0.5) is 0 Å². The molecule has 84 valence electrons. The largest absolute Gasteiger partial charge is 0.509 e. The number of carbonyl (C=O) groups is 1. The second kappa shape index (κ2) is 3.36. The highest BCUT2D eigenvalue weighted by atomic mass is 16.3. The maximum absolute atomic E-state index is 11.7. The van der Waals surface area contributed by atoms with Gasteiger partial charge in [0.25, 0.3) is 0 Å². The highest BCUT2D eigenvalue weighted by molar-refractivity contribution is 6.05. The van der Waals surface area contributed by atoms with Gasteiger partial charge in [0.2, 0.25) is 5.78 Å². The summed E-state index contributed by atoms with van der Waals surface area (Å²) in [4.78, 5) is 20.1. The van der Waals surface area contributed by atoms with Crippen molar-refractivity contribution in [1.82, 2.24) is 9.97 Å². The van der Waals surface area contributed by atoms with Crippen LogP contribution in [0.1, 0.15) is 16.2 Å². The number of ketones is 1. The quantitative estimate of drug-likeness (QED) is 0.705. The van der Waals surface area contributed by atoms with Crippen molar-refractivity contribution in [1.29, 1.82) is 0 Å². The molecule has 0 aliphatic heterocycles. The third kappa shape index (κ3) is 1.40. The third-order valence-electron chi connectivity index (χ3n) is 2.64. The fraction of sp³-hybridized carbons (Fsp3) is 0.0833. The van der Waals surface area contributed by atoms with Gasteiger partial charge in [0.15, 0.2) is 6.10 Å². The minimum absolute atomic E-state index is 0.0917. The Morgan fingerprint density at radius 3 is 2.47 bits per heavy atom. The Balaban J connectivity index is 2.34. The minimum atomic E-state index is -1.53. The number of para-hydroxylation sites is 2. The molecule has 2 N–H and O–H groups in total. The van der Waals surface area contributed by atoms with Crippen molar-refractivity contribution in [3.8, 4) is 0 Å². The van der Waals surface area contributed by atoms with Gasteiger partial charge in [-0.25, -0.2) is 9.97 Å². The minimum Gasteiger partial charge on any atom is -0.509 e. The van der Waals surface area contributed by atoms with Gasteiger partial charge < -0.3 is 10.2 Å². The molecule has 0 saturated heterocycles. The number of aromatic nitrogens is 2. The van der Waals surface area contributed by atoms with Crippen LogP contribution in [0.15, 0.2) is 30.0 Å². The van der Waals surface area contributed by atoms with E-state index in [0.29, 0.717) is 11.0 Å². The summed E-state index contributed by atoms with van der Waals surface area (Å²) < 4.78 is 0. The number of benzene rings is 1. The molecule has 0 radical (unpaired) electrons. The van der Waals surface area contributed by atoms with Crippen molar-refractivity contribution in [2.24, 2.45) is 0 Å². The van der Waals surface area contributed by atoms with Gasteiger partial charge in [-0.3, -0.25) is 4.79 Å². The predicted octanol–water partition coefficient (Wildman–Crippen LogP) is 1.09. The van der Waals surface area contributed by atoms with Crippen molar-refractivity contribution in [2.75, 3.05) is 0 Å². The molecule has 1 atom stereocenters. The molecule has 1 aromatic heterocycles. The monoisotopic (exact) mass is 228 g/mol. The molecule has 1 aliphatic carbocycles. The van der Waals surface area contributed by atoms with E-state index >= 15 is 0 Å². The molecule has 5 nitrogen and oxygen atoms in total. The molecule has 0 saturated carbocycles. The van der Waals surface area contributed by atoms with Crippen molar-refractivity contribution < 1.29 is 15.0 Å². The van der Waals surface area contributed by atoms with Crippen molar-refractivity contribution in [3.05, 3.63) is 41.4 Å². The molecule has 1 heterocycles. The topological polar surface area (TPSA) is 83.3 Å². The Morgan fingerprint density at radius 1 is 1.12 bits per heavy atom. The van der Waals surface area contributed by atoms with Crippen LogP contribution < -0.4 is 0 Å². The van der Waals surface area contributed by atoms with Gasteiger partial charge in [0.1, 0.15) is 11.5 Å². The zero-order valence-corrected chi connectivity index (χ0v) is 8.66. The molecule has 1 unspecified atom stereocenters. The first-order chi connectivity index (χ1) is 8.16. The van der Waals surface area contributed by atoms with Gasteiger partial charge in [0.05, 0.1) is 16.7 Å². The lowest BCUT2D eigenvalue weighted by Crippen LogP contribution is -2.28. The number of hydrogen-bond acceptors (Lipinski definition) is 5. The molecule has 0 fully saturated rings. The summed E-state index contributed by atoms with van der Waals surface area (Å²) in [7, 11) is 0. The lowest BCUT2D eigenvalue weighted by molar-refractivity contribution is 0.0724. The summed E-state index contributed by atoms with van der Waals surface area (Å²) in [6.07, 6.45) is -0.265. The third-order valence-corrected chi connectivity index (χ3v) is 2.64. The predicted molar refractivity (Wildman–Crippen MR) is 60.5 cm³/mol. The van der Waals surface area contributed by atoms with Crippen LogP contribution in [0.5, 0.6) is 0 Å². The summed E-state index contributed by atoms with van der Waals surface area (Å²) in [6, 6.07) is 7.11. The zero-order valence-electron chi connectivity index (χ0n) is 8.66. The maximum atomic E-state index is 11.7. The second-order valence-electron chi connectivity index (χ2n) is 3.78. The summed E-state index contributed by atoms with van der Waals surface area (Å²) in [5.41, 5.74) is 1.60. The molecular weight excluding hydrogens is 220 g/mol. The first-order valence-corrected chi connectivity index (χ1v) is 5.06. The summed E-state index contributed by atoms with van der Waals surface area (Å²) >= 11 is 0. The molecule has 0 amide bonds. The Bertz CT molecular complexity index is 664. The van der Waals surface area contributed by atoms with Crippen LogP contribution >= 0.6 is 0 Å². The Hall–Kier alpha value is -2.27. The van der Waals surface area contributed by atoms with E-state index < -0.39 is 17.6 Å². The number of fused-ring (bicyclic) bond motifs is 2. The van der Waals surface area contributed by atoms with Crippen molar-refractivity contribution in [3.63, 3.8) is 0 Å². The molecule has 0 bridgehead atoms. The lowest BCUT2D eigenvalue weighted by atomic mass is 10.0. The highest BCUT2D eigenvalue weighted by Crippen LogP contribution is 2.22. The van der Waals surface area contributed by atoms with Gasteiger partial charge in [-0.2, -0.15) is 0 Å². The molecule has 1 aliphatic rings. The second-order valence-corrected chi connectivity index (χ2v) is 3.78. The molecule has 17 heavy (non-hydrogen) atoms. The molecule has 1 aromatic carbocycles. The van der Waals surface area contributed by atoms with E-state index in [1.807, 2.05) is 6.07 Å². The standard InChI is InChI=1S/C12H8N2O3/c15-9-5-8-10(12(17)11(9)16)14-7-4-2-1-3-6(7)13-8/h1-5,11,15-16H. The van der Waals surface area contributed by atoms with Crippen LogP contribution in [0.3, 0.4) is 0 Å². The normalized spacial score (nSPS) is 19.0. The molecule has 2 aromatic rings. The number of hydrogen-bond donors (Lipinski definition) is 2. The number of nitrogens with zero attached hydrogens (tertiary/aromatic N) is 2. The average Bonchev–Trinajstić information content (AvgIpc) is 2.34. The van der Waals surface area contributed by atoms with E-state index in [9.17, 15) is 15.0 Å². The van der Waals surface area contributed by atoms with Gasteiger partial charge >= 0.3 is 0 Å². The summed E-state index contributed by atoms with van der Waals surface area (Å²) in [5, 5.41) is 18.8. The SMILES string of the molecule is O=C1c2nc3ccccc3nc2C=C(O)C1O.